The molecule has 4 nitrogen and oxygen atoms in total. The summed E-state index contributed by atoms with van der Waals surface area (Å²) in [6.45, 7) is 6.33. The molecule has 1 aliphatic heterocycles. The van der Waals surface area contributed by atoms with Gasteiger partial charge in [-0.3, -0.25) is 4.79 Å². The van der Waals surface area contributed by atoms with E-state index in [-0.39, 0.29) is 12.5 Å². The minimum Gasteiger partial charge on any atom is -0.481 e. The van der Waals surface area contributed by atoms with Gasteiger partial charge in [-0.05, 0) is 31.9 Å². The van der Waals surface area contributed by atoms with Crippen LogP contribution in [0.5, 0.6) is 0 Å². The number of aryl methyl sites for hydroxylation is 2. The maximum atomic E-state index is 10.7. The molecule has 1 aromatic carbocycles. The summed E-state index contributed by atoms with van der Waals surface area (Å²) in [7, 11) is 0. The van der Waals surface area contributed by atoms with E-state index in [2.05, 4.69) is 36.9 Å². The molecule has 19 heavy (non-hydrogen) atoms. The van der Waals surface area contributed by atoms with Crippen molar-refractivity contribution in [2.75, 3.05) is 24.7 Å². The molecule has 4 heteroatoms. The number of carboxylic acid groups (broad SMARTS) is 1. The Morgan fingerprint density at radius 1 is 1.47 bits per heavy atom. The average molecular weight is 263 g/mol. The van der Waals surface area contributed by atoms with Gasteiger partial charge in [0.15, 0.2) is 0 Å². The van der Waals surface area contributed by atoms with Gasteiger partial charge in [0, 0.05) is 18.7 Å². The molecule has 0 aliphatic carbocycles. The summed E-state index contributed by atoms with van der Waals surface area (Å²) in [5.74, 6) is -0.744. The molecule has 2 rings (SSSR count). The van der Waals surface area contributed by atoms with Gasteiger partial charge in [0.2, 0.25) is 0 Å². The summed E-state index contributed by atoms with van der Waals surface area (Å²) in [6.07, 6.45) is 0.818. The fourth-order valence-corrected chi connectivity index (χ4v) is 2.63. The molecule has 0 bridgehead atoms. The molecule has 0 saturated carbocycles. The first-order valence-corrected chi connectivity index (χ1v) is 6.71. The van der Waals surface area contributed by atoms with Crippen molar-refractivity contribution in [2.45, 2.75) is 32.7 Å². The second-order valence-electron chi connectivity index (χ2n) is 5.14. The number of benzene rings is 1. The Hall–Kier alpha value is -1.55. The topological polar surface area (TPSA) is 49.8 Å². The zero-order valence-corrected chi connectivity index (χ0v) is 11.6. The molecule has 1 saturated heterocycles. The maximum absolute atomic E-state index is 10.7. The number of aliphatic carboxylic acids is 1. The predicted molar refractivity (Wildman–Crippen MR) is 74.7 cm³/mol. The van der Waals surface area contributed by atoms with Crippen molar-refractivity contribution in [2.24, 2.45) is 0 Å². The van der Waals surface area contributed by atoms with Crippen molar-refractivity contribution >= 4 is 11.7 Å². The molecule has 1 aromatic rings. The lowest BCUT2D eigenvalue weighted by molar-refractivity contribution is -0.137. The van der Waals surface area contributed by atoms with Crippen LogP contribution in [0.2, 0.25) is 0 Å². The number of nitrogens with zero attached hydrogens (tertiary/aromatic N) is 1. The lowest BCUT2D eigenvalue weighted by Crippen LogP contribution is -2.46. The van der Waals surface area contributed by atoms with Gasteiger partial charge < -0.3 is 14.7 Å². The van der Waals surface area contributed by atoms with Crippen molar-refractivity contribution in [3.8, 4) is 0 Å². The number of ether oxygens (including phenoxy) is 1. The van der Waals surface area contributed by atoms with E-state index >= 15 is 0 Å². The molecular formula is C15H21NO3. The molecule has 1 heterocycles. The van der Waals surface area contributed by atoms with Gasteiger partial charge in [-0.15, -0.1) is 0 Å². The second kappa shape index (κ2) is 6.06. The summed E-state index contributed by atoms with van der Waals surface area (Å²) in [5.41, 5.74) is 3.68. The van der Waals surface area contributed by atoms with Crippen LogP contribution in [-0.4, -0.2) is 36.9 Å². The predicted octanol–water partition coefficient (Wildman–Crippen LogP) is 2.37. The van der Waals surface area contributed by atoms with E-state index in [1.54, 1.807) is 0 Å². The molecular weight excluding hydrogens is 242 g/mol. The maximum Gasteiger partial charge on any atom is 0.303 e. The number of anilines is 1. The van der Waals surface area contributed by atoms with E-state index in [0.29, 0.717) is 19.6 Å². The van der Waals surface area contributed by atoms with E-state index in [9.17, 15) is 4.79 Å². The van der Waals surface area contributed by atoms with E-state index in [1.165, 1.54) is 16.8 Å². The normalized spacial score (nSPS) is 19.5. The van der Waals surface area contributed by atoms with Crippen LogP contribution in [0.25, 0.3) is 0 Å². The Bertz CT molecular complexity index is 459. The van der Waals surface area contributed by atoms with Crippen molar-refractivity contribution in [3.63, 3.8) is 0 Å². The Morgan fingerprint density at radius 3 is 2.95 bits per heavy atom. The number of carbonyl (C=O) groups is 1. The molecule has 1 fully saturated rings. The summed E-state index contributed by atoms with van der Waals surface area (Å²) in [5, 5.41) is 8.83. The first-order chi connectivity index (χ1) is 9.08. The van der Waals surface area contributed by atoms with Gasteiger partial charge in [-0.1, -0.05) is 17.7 Å². The van der Waals surface area contributed by atoms with E-state index in [1.807, 2.05) is 0 Å². The van der Waals surface area contributed by atoms with E-state index in [0.717, 1.165) is 6.54 Å². The Labute approximate surface area is 114 Å². The van der Waals surface area contributed by atoms with Crippen LogP contribution in [0, 0.1) is 13.8 Å². The minimum atomic E-state index is -0.744. The lowest BCUT2D eigenvalue weighted by atomic mass is 10.0. The summed E-state index contributed by atoms with van der Waals surface area (Å²) >= 11 is 0. The van der Waals surface area contributed by atoms with Crippen LogP contribution in [0.1, 0.15) is 24.0 Å². The first kappa shape index (κ1) is 13.9. The zero-order valence-electron chi connectivity index (χ0n) is 11.6. The van der Waals surface area contributed by atoms with Crippen LogP contribution < -0.4 is 4.90 Å². The number of carboxylic acids is 1. The fourth-order valence-electron chi connectivity index (χ4n) is 2.63. The highest BCUT2D eigenvalue weighted by atomic mass is 16.5. The van der Waals surface area contributed by atoms with Gasteiger partial charge in [0.25, 0.3) is 0 Å². The molecule has 1 atom stereocenters. The molecule has 0 amide bonds. The monoisotopic (exact) mass is 263 g/mol. The Kier molecular flexibility index (Phi) is 4.43. The summed E-state index contributed by atoms with van der Waals surface area (Å²) in [6, 6.07) is 6.56. The van der Waals surface area contributed by atoms with Crippen LogP contribution in [0.15, 0.2) is 18.2 Å². The molecule has 1 unspecified atom stereocenters. The first-order valence-electron chi connectivity index (χ1n) is 6.71. The lowest BCUT2D eigenvalue weighted by Gasteiger charge is -2.38. The third kappa shape index (κ3) is 3.47. The highest BCUT2D eigenvalue weighted by Crippen LogP contribution is 2.26. The third-order valence-corrected chi connectivity index (χ3v) is 3.58. The third-order valence-electron chi connectivity index (χ3n) is 3.58. The largest absolute Gasteiger partial charge is 0.481 e. The fraction of sp³-hybridized carbons (Fsp3) is 0.533. The standard InChI is InChI=1S/C15H21NO3/c1-11-3-5-14(12(2)9-11)16-7-8-19-10-13(16)4-6-15(17)18/h3,5,9,13H,4,6-8,10H2,1-2H3,(H,17,18). The minimum absolute atomic E-state index is 0.159. The van der Waals surface area contributed by atoms with Gasteiger partial charge in [0.05, 0.1) is 19.3 Å². The van der Waals surface area contributed by atoms with Crippen molar-refractivity contribution in [1.82, 2.24) is 0 Å². The Balaban J connectivity index is 2.16. The Morgan fingerprint density at radius 2 is 2.26 bits per heavy atom. The smallest absolute Gasteiger partial charge is 0.303 e. The number of rotatable bonds is 4. The summed E-state index contributed by atoms with van der Waals surface area (Å²) in [4.78, 5) is 13.0. The van der Waals surface area contributed by atoms with Gasteiger partial charge >= 0.3 is 5.97 Å². The van der Waals surface area contributed by atoms with Gasteiger partial charge in [0.1, 0.15) is 0 Å². The number of hydrogen-bond donors (Lipinski definition) is 1. The number of morpholine rings is 1. The van der Waals surface area contributed by atoms with Crippen LogP contribution in [0.4, 0.5) is 5.69 Å². The quantitative estimate of drug-likeness (QED) is 0.906. The molecule has 1 aliphatic rings. The molecule has 104 valence electrons. The van der Waals surface area contributed by atoms with Crippen molar-refractivity contribution in [1.29, 1.82) is 0 Å². The van der Waals surface area contributed by atoms with E-state index < -0.39 is 5.97 Å². The number of hydrogen-bond acceptors (Lipinski definition) is 3. The van der Waals surface area contributed by atoms with Crippen LogP contribution in [-0.2, 0) is 9.53 Å². The molecule has 1 N–H and O–H groups in total. The van der Waals surface area contributed by atoms with Crippen LogP contribution >= 0.6 is 0 Å². The highest BCUT2D eigenvalue weighted by Gasteiger charge is 2.24. The zero-order chi connectivity index (χ0) is 13.8. The second-order valence-corrected chi connectivity index (χ2v) is 5.14. The van der Waals surface area contributed by atoms with Crippen molar-refractivity contribution in [3.05, 3.63) is 29.3 Å². The highest BCUT2D eigenvalue weighted by molar-refractivity contribution is 5.67. The average Bonchev–Trinajstić information content (AvgIpc) is 2.37. The van der Waals surface area contributed by atoms with Crippen molar-refractivity contribution < 1.29 is 14.6 Å². The van der Waals surface area contributed by atoms with Crippen LogP contribution in [0.3, 0.4) is 0 Å². The molecule has 0 radical (unpaired) electrons. The summed E-state index contributed by atoms with van der Waals surface area (Å²) < 4.78 is 5.50. The van der Waals surface area contributed by atoms with Gasteiger partial charge in [-0.2, -0.15) is 0 Å². The van der Waals surface area contributed by atoms with E-state index in [4.69, 9.17) is 9.84 Å². The molecule has 0 aromatic heterocycles. The molecule has 0 spiro atoms. The van der Waals surface area contributed by atoms with Gasteiger partial charge in [-0.25, -0.2) is 0 Å². The SMILES string of the molecule is Cc1ccc(N2CCOCC2CCC(=O)O)c(C)c1.